The molecule has 0 bridgehead atoms. The van der Waals surface area contributed by atoms with Crippen molar-refractivity contribution in [2.45, 2.75) is 167 Å². The van der Waals surface area contributed by atoms with E-state index >= 15 is 0 Å². The second-order valence-corrected chi connectivity index (χ2v) is 15.6. The van der Waals surface area contributed by atoms with Crippen LogP contribution in [-0.2, 0) is 37.5 Å². The number of aliphatic carboxylic acids is 1. The normalized spacial score (nSPS) is 14.6. The van der Waals surface area contributed by atoms with Crippen molar-refractivity contribution >= 4 is 25.7 Å². The van der Waals surface area contributed by atoms with Gasteiger partial charge in [-0.3, -0.25) is 23.4 Å². The summed E-state index contributed by atoms with van der Waals surface area (Å²) in [6, 6.07) is -1.53. The maximum atomic E-state index is 12.6. The number of carboxylic acid groups (broad SMARTS) is 1. The number of carbonyl (C=O) groups is 3. The molecule has 0 fully saturated rings. The van der Waals surface area contributed by atoms with Crippen LogP contribution in [0.1, 0.15) is 155 Å². The highest BCUT2D eigenvalue weighted by Crippen LogP contribution is 2.43. The molecule has 0 heterocycles. The fourth-order valence-corrected chi connectivity index (χ4v) is 6.03. The lowest BCUT2D eigenvalue weighted by molar-refractivity contribution is -0.161. The number of hydrogen-bond donors (Lipinski definition) is 3. The predicted octanol–water partition coefficient (Wildman–Crippen LogP) is 11.5. The summed E-state index contributed by atoms with van der Waals surface area (Å²) in [4.78, 5) is 45.9. The molecule has 0 spiro atoms. The van der Waals surface area contributed by atoms with E-state index in [2.05, 4.69) is 103 Å². The van der Waals surface area contributed by atoms with E-state index in [-0.39, 0.29) is 19.4 Å². The zero-order valence-corrected chi connectivity index (χ0v) is 36.5. The molecule has 0 aromatic carbocycles. The van der Waals surface area contributed by atoms with E-state index in [1.54, 1.807) is 0 Å². The molecule has 58 heavy (non-hydrogen) atoms. The van der Waals surface area contributed by atoms with Gasteiger partial charge >= 0.3 is 25.7 Å². The predicted molar refractivity (Wildman–Crippen MR) is 235 cm³/mol. The minimum absolute atomic E-state index is 0.114. The van der Waals surface area contributed by atoms with Gasteiger partial charge in [0.05, 0.1) is 13.2 Å². The molecule has 1 unspecified atom stereocenters. The lowest BCUT2D eigenvalue weighted by Gasteiger charge is -2.20. The van der Waals surface area contributed by atoms with Crippen molar-refractivity contribution in [1.29, 1.82) is 0 Å². The van der Waals surface area contributed by atoms with Crippen LogP contribution in [0.25, 0.3) is 0 Å². The summed E-state index contributed by atoms with van der Waals surface area (Å²) < 4.78 is 32.6. The summed E-state index contributed by atoms with van der Waals surface area (Å²) in [6.45, 7) is 2.60. The molecule has 0 radical (unpaired) electrons. The highest BCUT2D eigenvalue weighted by atomic mass is 31.2. The van der Waals surface area contributed by atoms with Gasteiger partial charge in [-0.05, 0) is 83.5 Å². The molecule has 3 atom stereocenters. The van der Waals surface area contributed by atoms with E-state index in [4.69, 9.17) is 24.8 Å². The molecule has 0 saturated heterocycles. The molecule has 0 amide bonds. The maximum absolute atomic E-state index is 12.6. The number of rotatable bonds is 39. The van der Waals surface area contributed by atoms with Crippen LogP contribution in [0.5, 0.6) is 0 Å². The Morgan fingerprint density at radius 3 is 1.57 bits per heavy atom. The molecule has 0 aliphatic heterocycles. The van der Waals surface area contributed by atoms with Gasteiger partial charge in [0.15, 0.2) is 6.10 Å². The van der Waals surface area contributed by atoms with E-state index < -0.39 is 51.1 Å². The van der Waals surface area contributed by atoms with Gasteiger partial charge in [-0.2, -0.15) is 0 Å². The van der Waals surface area contributed by atoms with Crippen LogP contribution in [0.4, 0.5) is 0 Å². The smallest absolute Gasteiger partial charge is 0.472 e. The number of unbranched alkanes of at least 4 members (excludes halogenated alkanes) is 12. The Morgan fingerprint density at radius 1 is 0.569 bits per heavy atom. The molecular formula is C46H76NO10P. The Labute approximate surface area is 350 Å². The quantitative estimate of drug-likeness (QED) is 0.0177. The Morgan fingerprint density at radius 2 is 1.02 bits per heavy atom. The van der Waals surface area contributed by atoms with E-state index in [0.29, 0.717) is 12.8 Å². The van der Waals surface area contributed by atoms with E-state index in [1.165, 1.54) is 25.7 Å². The maximum Gasteiger partial charge on any atom is 0.472 e. The first-order valence-electron chi connectivity index (χ1n) is 21.6. The van der Waals surface area contributed by atoms with Crippen LogP contribution in [0, 0.1) is 0 Å². The van der Waals surface area contributed by atoms with E-state index in [9.17, 15) is 23.8 Å². The molecule has 12 heteroatoms. The largest absolute Gasteiger partial charge is 0.480 e. The summed E-state index contributed by atoms with van der Waals surface area (Å²) in [7, 11) is -4.73. The molecule has 0 aliphatic rings. The number of phosphoric acid groups is 1. The Kier molecular flexibility index (Phi) is 38.1. The van der Waals surface area contributed by atoms with Crippen molar-refractivity contribution in [3.63, 3.8) is 0 Å². The lowest BCUT2D eigenvalue weighted by Crippen LogP contribution is -2.34. The number of hydrogen-bond acceptors (Lipinski definition) is 9. The van der Waals surface area contributed by atoms with E-state index in [0.717, 1.165) is 89.9 Å². The van der Waals surface area contributed by atoms with Gasteiger partial charge in [0.1, 0.15) is 12.6 Å². The van der Waals surface area contributed by atoms with Crippen LogP contribution < -0.4 is 5.73 Å². The van der Waals surface area contributed by atoms with E-state index in [1.807, 2.05) is 0 Å². The molecule has 0 rings (SSSR count). The molecule has 330 valence electrons. The minimum atomic E-state index is -4.73. The Balaban J connectivity index is 4.49. The number of esters is 2. The second-order valence-electron chi connectivity index (χ2n) is 14.1. The topological polar surface area (TPSA) is 172 Å². The van der Waals surface area contributed by atoms with Crippen LogP contribution in [0.2, 0.25) is 0 Å². The monoisotopic (exact) mass is 834 g/mol. The average Bonchev–Trinajstić information content (AvgIpc) is 3.20. The fraction of sp³-hybridized carbons (Fsp3) is 0.630. The third-order valence-corrected chi connectivity index (χ3v) is 9.61. The number of ether oxygens (including phenoxy) is 2. The van der Waals surface area contributed by atoms with Crippen molar-refractivity contribution < 1.29 is 47.5 Å². The van der Waals surface area contributed by atoms with Gasteiger partial charge < -0.3 is 25.2 Å². The first-order valence-corrected chi connectivity index (χ1v) is 23.1. The number of phosphoric ester groups is 1. The summed E-state index contributed by atoms with van der Waals surface area (Å²) in [5, 5.41) is 8.89. The minimum Gasteiger partial charge on any atom is -0.480 e. The van der Waals surface area contributed by atoms with Crippen LogP contribution in [0.15, 0.2) is 85.1 Å². The highest BCUT2D eigenvalue weighted by molar-refractivity contribution is 7.47. The lowest BCUT2D eigenvalue weighted by atomic mass is 10.1. The second kappa shape index (κ2) is 40.4. The van der Waals surface area contributed by atoms with Gasteiger partial charge in [-0.1, -0.05) is 144 Å². The van der Waals surface area contributed by atoms with Gasteiger partial charge in [-0.15, -0.1) is 0 Å². The third-order valence-electron chi connectivity index (χ3n) is 8.66. The zero-order valence-electron chi connectivity index (χ0n) is 35.6. The van der Waals surface area contributed by atoms with Crippen molar-refractivity contribution in [1.82, 2.24) is 0 Å². The molecule has 11 nitrogen and oxygen atoms in total. The first kappa shape index (κ1) is 54.7. The van der Waals surface area contributed by atoms with Gasteiger partial charge in [-0.25, -0.2) is 4.57 Å². The summed E-state index contributed by atoms with van der Waals surface area (Å²) in [5.41, 5.74) is 5.33. The SMILES string of the molecule is CC/C=C/C/C=C/C/C=C/C/C=C/C/C=C/CCCCCC(=O)O[C@H](COC(=O)CCCCCCC/C=C/C=C/CCCCCC)COP(=O)(O)OC[C@H](N)C(=O)O. The standard InChI is InChI=1S/C46H76NO10P/c1-3-5-7-9-11-13-15-17-19-20-21-22-24-26-28-30-32-34-36-38-45(49)57-42(40-55-58(52,53)56-41-43(47)46(50)51)39-54-44(48)37-35-33-31-29-27-25-23-18-16-14-12-10-8-6-4-2/h5,7,11,13-14,16-19,21-23,26,28,42-43H,3-4,6,8-10,12,15,20,24-25,27,29-41,47H2,1-2H3,(H,50,51)(H,52,53)/b7-5+,13-11+,16-14+,19-17+,22-21+,23-18+,28-26+/t42-,43+/m1/s1. The Hall–Kier alpha value is -3.34. The number of allylic oxidation sites excluding steroid dienone is 14. The van der Waals surface area contributed by atoms with Gasteiger partial charge in [0, 0.05) is 12.8 Å². The highest BCUT2D eigenvalue weighted by Gasteiger charge is 2.28. The van der Waals surface area contributed by atoms with Gasteiger partial charge in [0.25, 0.3) is 0 Å². The number of carbonyl (C=O) groups excluding carboxylic acids is 2. The van der Waals surface area contributed by atoms with Gasteiger partial charge in [0.2, 0.25) is 0 Å². The van der Waals surface area contributed by atoms with Crippen molar-refractivity contribution in [3.05, 3.63) is 85.1 Å². The number of carboxylic acids is 1. The molecule has 0 aromatic rings. The number of nitrogens with two attached hydrogens (primary N) is 1. The van der Waals surface area contributed by atoms with Crippen LogP contribution in [-0.4, -0.2) is 59.9 Å². The Bertz CT molecular complexity index is 1300. The molecule has 0 aliphatic carbocycles. The summed E-state index contributed by atoms with van der Waals surface area (Å²) >= 11 is 0. The average molecular weight is 834 g/mol. The zero-order chi connectivity index (χ0) is 42.8. The first-order chi connectivity index (χ1) is 28.1. The van der Waals surface area contributed by atoms with Crippen molar-refractivity contribution in [2.75, 3.05) is 19.8 Å². The third kappa shape index (κ3) is 39.5. The molecule has 0 aromatic heterocycles. The molecule has 0 saturated carbocycles. The summed E-state index contributed by atoms with van der Waals surface area (Å²) in [5.74, 6) is -2.45. The van der Waals surface area contributed by atoms with Crippen LogP contribution >= 0.6 is 7.82 Å². The molecule has 4 N–H and O–H groups in total. The fourth-order valence-electron chi connectivity index (χ4n) is 5.26. The van der Waals surface area contributed by atoms with Crippen molar-refractivity contribution in [3.8, 4) is 0 Å². The molecular weight excluding hydrogens is 757 g/mol. The van der Waals surface area contributed by atoms with Crippen LogP contribution in [0.3, 0.4) is 0 Å². The summed E-state index contributed by atoms with van der Waals surface area (Å²) in [6.07, 6.45) is 49.3. The van der Waals surface area contributed by atoms with Crippen molar-refractivity contribution in [2.24, 2.45) is 5.73 Å².